The van der Waals surface area contributed by atoms with Crippen molar-refractivity contribution in [2.24, 2.45) is 0 Å². The molecule has 0 radical (unpaired) electrons. The fourth-order valence-corrected chi connectivity index (χ4v) is 1.90. The highest BCUT2D eigenvalue weighted by atomic mass is 16.6. The van der Waals surface area contributed by atoms with Crippen LogP contribution < -0.4 is 4.74 Å². The highest BCUT2D eigenvalue weighted by Gasteiger charge is 2.22. The van der Waals surface area contributed by atoms with Crippen molar-refractivity contribution in [3.05, 3.63) is 51.4 Å². The number of hydrogen-bond donors (Lipinski definition) is 0. The Hall–Kier alpha value is -2.63. The Kier molecular flexibility index (Phi) is 4.93. The van der Waals surface area contributed by atoms with Gasteiger partial charge in [-0.1, -0.05) is 30.3 Å². The van der Waals surface area contributed by atoms with Crippen molar-refractivity contribution >= 4 is 17.8 Å². The minimum Gasteiger partial charge on any atom is -0.490 e. The summed E-state index contributed by atoms with van der Waals surface area (Å²) >= 11 is 0. The van der Waals surface area contributed by atoms with Crippen molar-refractivity contribution in [2.75, 3.05) is 0 Å². The Balaban J connectivity index is 2.29. The lowest BCUT2D eigenvalue weighted by atomic mass is 10.1. The molecule has 0 aliphatic carbocycles. The van der Waals surface area contributed by atoms with Crippen molar-refractivity contribution in [1.82, 2.24) is 5.16 Å². The van der Waals surface area contributed by atoms with E-state index >= 15 is 0 Å². The molecule has 1 atom stereocenters. The summed E-state index contributed by atoms with van der Waals surface area (Å²) in [6.45, 7) is 5.58. The molecule has 0 N–H and O–H groups in total. The van der Waals surface area contributed by atoms with E-state index in [1.807, 2.05) is 38.1 Å². The van der Waals surface area contributed by atoms with Gasteiger partial charge in [-0.3, -0.25) is 10.1 Å². The molecule has 116 valence electrons. The summed E-state index contributed by atoms with van der Waals surface area (Å²) in [7, 11) is 0. The van der Waals surface area contributed by atoms with Crippen molar-refractivity contribution in [3.63, 3.8) is 0 Å². The van der Waals surface area contributed by atoms with Gasteiger partial charge >= 0.3 is 5.69 Å². The van der Waals surface area contributed by atoms with E-state index in [2.05, 4.69) is 5.16 Å². The largest absolute Gasteiger partial charge is 0.490 e. The Morgan fingerprint density at radius 3 is 2.82 bits per heavy atom. The van der Waals surface area contributed by atoms with Gasteiger partial charge < -0.3 is 9.26 Å². The third-order valence-electron chi connectivity index (χ3n) is 3.28. The second-order valence-corrected chi connectivity index (χ2v) is 4.95. The molecule has 2 rings (SSSR count). The Labute approximate surface area is 128 Å². The van der Waals surface area contributed by atoms with Crippen LogP contribution in [0.5, 0.6) is 5.75 Å². The molecular formula is C16H18N2O4. The summed E-state index contributed by atoms with van der Waals surface area (Å²) in [5.41, 5.74) is 0.969. The molecular weight excluding hydrogens is 284 g/mol. The van der Waals surface area contributed by atoms with E-state index in [0.717, 1.165) is 17.7 Å². The van der Waals surface area contributed by atoms with Crippen LogP contribution in [0.1, 0.15) is 37.3 Å². The number of aryl methyl sites for hydroxylation is 1. The Morgan fingerprint density at radius 2 is 2.14 bits per heavy atom. The second kappa shape index (κ2) is 6.89. The molecule has 0 spiro atoms. The van der Waals surface area contributed by atoms with Gasteiger partial charge in [-0.05, 0) is 38.5 Å². The first-order valence-corrected chi connectivity index (χ1v) is 7.07. The molecule has 1 aromatic heterocycles. The molecule has 6 heteroatoms. The van der Waals surface area contributed by atoms with Gasteiger partial charge in [-0.2, -0.15) is 0 Å². The fourth-order valence-electron chi connectivity index (χ4n) is 1.90. The summed E-state index contributed by atoms with van der Waals surface area (Å²) in [5, 5.41) is 14.6. The van der Waals surface area contributed by atoms with Gasteiger partial charge in [0.05, 0.1) is 11.0 Å². The molecule has 0 bridgehead atoms. The zero-order chi connectivity index (χ0) is 16.1. The summed E-state index contributed by atoms with van der Waals surface area (Å²) < 4.78 is 10.8. The normalized spacial score (nSPS) is 12.5. The van der Waals surface area contributed by atoms with E-state index in [1.165, 1.54) is 6.08 Å². The van der Waals surface area contributed by atoms with Crippen LogP contribution in [0.3, 0.4) is 0 Å². The predicted octanol–water partition coefficient (Wildman–Crippen LogP) is 4.24. The number of aromatic nitrogens is 1. The molecule has 0 saturated heterocycles. The van der Waals surface area contributed by atoms with Gasteiger partial charge in [0, 0.05) is 5.56 Å². The first-order chi connectivity index (χ1) is 10.5. The average molecular weight is 302 g/mol. The molecule has 2 aromatic rings. The van der Waals surface area contributed by atoms with Gasteiger partial charge in [-0.25, -0.2) is 0 Å². The number of hydrogen-bond acceptors (Lipinski definition) is 5. The predicted molar refractivity (Wildman–Crippen MR) is 83.6 cm³/mol. The Morgan fingerprint density at radius 1 is 1.41 bits per heavy atom. The molecule has 22 heavy (non-hydrogen) atoms. The highest BCUT2D eigenvalue weighted by molar-refractivity contribution is 5.74. The summed E-state index contributed by atoms with van der Waals surface area (Å²) in [5.74, 6) is 0.854. The van der Waals surface area contributed by atoms with Gasteiger partial charge in [0.25, 0.3) is 0 Å². The van der Waals surface area contributed by atoms with E-state index in [4.69, 9.17) is 9.26 Å². The van der Waals surface area contributed by atoms with Crippen molar-refractivity contribution in [1.29, 1.82) is 0 Å². The van der Waals surface area contributed by atoms with Crippen LogP contribution in [0.4, 0.5) is 5.69 Å². The van der Waals surface area contributed by atoms with Gasteiger partial charge in [0.1, 0.15) is 5.75 Å². The average Bonchev–Trinajstić information content (AvgIpc) is 2.87. The van der Waals surface area contributed by atoms with Crippen molar-refractivity contribution in [2.45, 2.75) is 33.3 Å². The van der Waals surface area contributed by atoms with E-state index in [0.29, 0.717) is 0 Å². The third-order valence-corrected chi connectivity index (χ3v) is 3.28. The van der Waals surface area contributed by atoms with Crippen LogP contribution in [-0.4, -0.2) is 16.2 Å². The smallest absolute Gasteiger partial charge is 0.338 e. The number of nitrogens with zero attached hydrogens (tertiary/aromatic N) is 2. The zero-order valence-corrected chi connectivity index (χ0v) is 12.8. The quantitative estimate of drug-likeness (QED) is 0.589. The lowest BCUT2D eigenvalue weighted by Gasteiger charge is -2.14. The zero-order valence-electron chi connectivity index (χ0n) is 12.8. The molecule has 0 fully saturated rings. The van der Waals surface area contributed by atoms with Gasteiger partial charge in [-0.15, -0.1) is 0 Å². The number of ether oxygens (including phenoxy) is 1. The number of rotatable bonds is 6. The maximum atomic E-state index is 11.0. The van der Waals surface area contributed by atoms with E-state index in [9.17, 15) is 10.1 Å². The van der Waals surface area contributed by atoms with Crippen LogP contribution in [0.2, 0.25) is 0 Å². The SMILES string of the molecule is CC[C@H](C)Oc1ccccc1/C=C\c1onc(C)c1[N+](=O)[O-]. The third kappa shape index (κ3) is 3.52. The summed E-state index contributed by atoms with van der Waals surface area (Å²) in [6.07, 6.45) is 4.25. The highest BCUT2D eigenvalue weighted by Crippen LogP contribution is 2.27. The maximum Gasteiger partial charge on any atom is 0.338 e. The van der Waals surface area contributed by atoms with Crippen LogP contribution in [-0.2, 0) is 0 Å². The first kappa shape index (κ1) is 15.8. The number of para-hydroxylation sites is 1. The molecule has 1 aromatic carbocycles. The van der Waals surface area contributed by atoms with Crippen molar-refractivity contribution in [3.8, 4) is 5.75 Å². The van der Waals surface area contributed by atoms with E-state index in [-0.39, 0.29) is 23.2 Å². The van der Waals surface area contributed by atoms with Gasteiger partial charge in [0.2, 0.25) is 5.76 Å². The molecule has 0 unspecified atom stereocenters. The van der Waals surface area contributed by atoms with E-state index in [1.54, 1.807) is 13.0 Å². The lowest BCUT2D eigenvalue weighted by molar-refractivity contribution is -0.386. The Bertz CT molecular complexity index is 691. The molecule has 0 aliphatic rings. The maximum absolute atomic E-state index is 11.0. The minimum absolute atomic E-state index is 0.0939. The standard InChI is InChI=1S/C16H18N2O4/c1-4-11(2)21-14-8-6-5-7-13(14)9-10-15-16(18(19)20)12(3)17-22-15/h5-11H,4H2,1-3H3/b10-9-/t11-/m0/s1. The van der Waals surface area contributed by atoms with Crippen LogP contribution in [0.15, 0.2) is 28.8 Å². The number of benzene rings is 1. The molecule has 0 amide bonds. The molecule has 0 aliphatic heterocycles. The van der Waals surface area contributed by atoms with Crippen LogP contribution in [0.25, 0.3) is 12.2 Å². The monoisotopic (exact) mass is 302 g/mol. The summed E-state index contributed by atoms with van der Waals surface area (Å²) in [6, 6.07) is 7.51. The molecule has 0 saturated carbocycles. The topological polar surface area (TPSA) is 78.4 Å². The van der Waals surface area contributed by atoms with Gasteiger partial charge in [0.15, 0.2) is 5.69 Å². The lowest BCUT2D eigenvalue weighted by Crippen LogP contribution is -2.10. The van der Waals surface area contributed by atoms with Crippen molar-refractivity contribution < 1.29 is 14.2 Å². The van der Waals surface area contributed by atoms with Crippen LogP contribution in [0, 0.1) is 17.0 Å². The number of nitro groups is 1. The first-order valence-electron chi connectivity index (χ1n) is 7.07. The molecule has 6 nitrogen and oxygen atoms in total. The fraction of sp³-hybridized carbons (Fsp3) is 0.312. The summed E-state index contributed by atoms with van der Waals surface area (Å²) in [4.78, 5) is 10.5. The molecule has 1 heterocycles. The van der Waals surface area contributed by atoms with E-state index < -0.39 is 4.92 Å². The van der Waals surface area contributed by atoms with Crippen LogP contribution >= 0.6 is 0 Å². The minimum atomic E-state index is -0.493. The second-order valence-electron chi connectivity index (χ2n) is 4.95.